The van der Waals surface area contributed by atoms with Crippen molar-refractivity contribution in [1.29, 1.82) is 0 Å². The maximum absolute atomic E-state index is 12.5. The normalized spacial score (nSPS) is 16.9. The quantitative estimate of drug-likeness (QED) is 0.747. The van der Waals surface area contributed by atoms with Crippen LogP contribution < -0.4 is 10.1 Å². The second kappa shape index (κ2) is 7.01. The molecule has 0 spiro atoms. The number of pyridine rings is 1. The van der Waals surface area contributed by atoms with Crippen LogP contribution in [-0.4, -0.2) is 33.5 Å². The number of hydrogen-bond acceptors (Lipinski definition) is 6. The molecule has 1 N–H and O–H groups in total. The number of amides is 1. The molecule has 1 amide bonds. The molecule has 25 heavy (non-hydrogen) atoms. The molecule has 0 saturated carbocycles. The summed E-state index contributed by atoms with van der Waals surface area (Å²) in [5.41, 5.74) is 2.55. The van der Waals surface area contributed by atoms with Crippen molar-refractivity contribution >= 4 is 44.4 Å². The molecule has 1 unspecified atom stereocenters. The smallest absolute Gasteiger partial charge is 0.257 e. The van der Waals surface area contributed by atoms with Gasteiger partial charge in [-0.05, 0) is 36.8 Å². The molecule has 2 aromatic heterocycles. The molecule has 1 fully saturated rings. The number of carbonyl (C=O) groups is 1. The molecule has 0 aliphatic carbocycles. The molecular weight excluding hydrogens is 354 g/mol. The number of thiazole rings is 1. The highest BCUT2D eigenvalue weighted by atomic mass is 32.2. The van der Waals surface area contributed by atoms with Gasteiger partial charge in [-0.1, -0.05) is 23.5 Å². The summed E-state index contributed by atoms with van der Waals surface area (Å²) in [5.74, 6) is 2.38. The molecule has 0 bridgehead atoms. The first-order chi connectivity index (χ1) is 12.2. The van der Waals surface area contributed by atoms with Crippen LogP contribution in [0.1, 0.15) is 22.3 Å². The van der Waals surface area contributed by atoms with Gasteiger partial charge in [0.15, 0.2) is 5.13 Å². The van der Waals surface area contributed by atoms with E-state index in [1.165, 1.54) is 11.3 Å². The minimum Gasteiger partial charge on any atom is -0.473 e. The molecule has 3 aromatic rings. The molecule has 1 aliphatic rings. The number of carbonyl (C=O) groups excluding carboxylic acids is 1. The van der Waals surface area contributed by atoms with Crippen LogP contribution in [0.2, 0.25) is 0 Å². The van der Waals surface area contributed by atoms with Crippen molar-refractivity contribution in [1.82, 2.24) is 9.97 Å². The summed E-state index contributed by atoms with van der Waals surface area (Å²) in [4.78, 5) is 21.3. The summed E-state index contributed by atoms with van der Waals surface area (Å²) in [7, 11) is 0. The lowest BCUT2D eigenvalue weighted by Crippen LogP contribution is -2.17. The SMILES string of the molecule is Cc1cccc2sc(NC(=O)c3ccnc(OC4CCSC4)c3)nc12. The van der Waals surface area contributed by atoms with Crippen LogP contribution in [-0.2, 0) is 0 Å². The fraction of sp³-hybridized carbons (Fsp3) is 0.278. The number of thioether (sulfide) groups is 1. The number of anilines is 1. The highest BCUT2D eigenvalue weighted by molar-refractivity contribution is 7.99. The third kappa shape index (κ3) is 3.62. The molecule has 4 rings (SSSR count). The number of ether oxygens (including phenoxy) is 1. The van der Waals surface area contributed by atoms with Crippen molar-refractivity contribution < 1.29 is 9.53 Å². The van der Waals surface area contributed by atoms with Crippen molar-refractivity contribution in [2.45, 2.75) is 19.4 Å². The molecule has 5 nitrogen and oxygen atoms in total. The topological polar surface area (TPSA) is 64.1 Å². The summed E-state index contributed by atoms with van der Waals surface area (Å²) in [6.07, 6.45) is 2.81. The Labute approximate surface area is 153 Å². The maximum Gasteiger partial charge on any atom is 0.257 e. The largest absolute Gasteiger partial charge is 0.473 e. The van der Waals surface area contributed by atoms with Crippen molar-refractivity contribution in [3.8, 4) is 5.88 Å². The van der Waals surface area contributed by atoms with Crippen LogP contribution in [0.3, 0.4) is 0 Å². The summed E-state index contributed by atoms with van der Waals surface area (Å²) < 4.78 is 6.92. The number of para-hydroxylation sites is 1. The van der Waals surface area contributed by atoms with Crippen LogP contribution in [0.4, 0.5) is 5.13 Å². The first-order valence-corrected chi connectivity index (χ1v) is 10.0. The fourth-order valence-electron chi connectivity index (χ4n) is 2.70. The molecule has 1 atom stereocenters. The van der Waals surface area contributed by atoms with Crippen molar-refractivity contribution in [3.05, 3.63) is 47.7 Å². The lowest BCUT2D eigenvalue weighted by atomic mass is 10.2. The van der Waals surface area contributed by atoms with Gasteiger partial charge in [-0.3, -0.25) is 10.1 Å². The Morgan fingerprint density at radius 1 is 1.36 bits per heavy atom. The van der Waals surface area contributed by atoms with Crippen LogP contribution >= 0.6 is 23.1 Å². The Bertz CT molecular complexity index is 920. The number of hydrogen-bond donors (Lipinski definition) is 1. The molecule has 3 heterocycles. The van der Waals surface area contributed by atoms with Gasteiger partial charge < -0.3 is 4.74 Å². The minimum atomic E-state index is -0.204. The van der Waals surface area contributed by atoms with Crippen molar-refractivity contribution in [3.63, 3.8) is 0 Å². The monoisotopic (exact) mass is 371 g/mol. The van der Waals surface area contributed by atoms with E-state index in [0.717, 1.165) is 33.7 Å². The Hall–Kier alpha value is -2.12. The molecule has 7 heteroatoms. The average Bonchev–Trinajstić information content (AvgIpc) is 3.25. The van der Waals surface area contributed by atoms with Gasteiger partial charge >= 0.3 is 0 Å². The van der Waals surface area contributed by atoms with E-state index >= 15 is 0 Å². The van der Waals surface area contributed by atoms with Gasteiger partial charge in [0.2, 0.25) is 5.88 Å². The van der Waals surface area contributed by atoms with Gasteiger partial charge in [0.1, 0.15) is 6.10 Å². The zero-order valence-electron chi connectivity index (χ0n) is 13.7. The van der Waals surface area contributed by atoms with Crippen LogP contribution in [0.5, 0.6) is 5.88 Å². The van der Waals surface area contributed by atoms with Crippen LogP contribution in [0.15, 0.2) is 36.5 Å². The molecule has 128 valence electrons. The highest BCUT2D eigenvalue weighted by Gasteiger charge is 2.18. The van der Waals surface area contributed by atoms with Crippen molar-refractivity contribution in [2.24, 2.45) is 0 Å². The predicted molar refractivity (Wildman–Crippen MR) is 103 cm³/mol. The number of benzene rings is 1. The number of aryl methyl sites for hydroxylation is 1. The average molecular weight is 371 g/mol. The summed E-state index contributed by atoms with van der Waals surface area (Å²) in [6.45, 7) is 2.02. The van der Waals surface area contributed by atoms with Crippen molar-refractivity contribution in [2.75, 3.05) is 16.8 Å². The van der Waals surface area contributed by atoms with E-state index in [0.29, 0.717) is 16.6 Å². The van der Waals surface area contributed by atoms with E-state index in [9.17, 15) is 4.79 Å². The number of aromatic nitrogens is 2. The van der Waals surface area contributed by atoms with Crippen LogP contribution in [0.25, 0.3) is 10.2 Å². The Balaban J connectivity index is 1.50. The number of nitrogens with zero attached hydrogens (tertiary/aromatic N) is 2. The predicted octanol–water partition coefficient (Wildman–Crippen LogP) is 4.14. The van der Waals surface area contributed by atoms with Gasteiger partial charge in [-0.15, -0.1) is 0 Å². The summed E-state index contributed by atoms with van der Waals surface area (Å²) >= 11 is 3.35. The lowest BCUT2D eigenvalue weighted by Gasteiger charge is -2.11. The fourth-order valence-corrected chi connectivity index (χ4v) is 4.73. The minimum absolute atomic E-state index is 0.183. The van der Waals surface area contributed by atoms with Gasteiger partial charge in [0.25, 0.3) is 5.91 Å². The molecule has 0 radical (unpaired) electrons. The third-order valence-electron chi connectivity index (χ3n) is 4.01. The number of nitrogens with one attached hydrogen (secondary N) is 1. The van der Waals surface area contributed by atoms with Gasteiger partial charge in [0.05, 0.1) is 10.2 Å². The van der Waals surface area contributed by atoms with E-state index in [2.05, 4.69) is 15.3 Å². The summed E-state index contributed by atoms with van der Waals surface area (Å²) in [5, 5.41) is 3.47. The highest BCUT2D eigenvalue weighted by Crippen LogP contribution is 2.28. The zero-order chi connectivity index (χ0) is 17.2. The second-order valence-electron chi connectivity index (χ2n) is 5.88. The maximum atomic E-state index is 12.5. The standard InChI is InChI=1S/C18H17N3O2S2/c1-11-3-2-4-14-16(11)20-18(25-14)21-17(22)12-5-7-19-15(9-12)23-13-6-8-24-10-13/h2-5,7,9,13H,6,8,10H2,1H3,(H,20,21,22). The molecule has 1 saturated heterocycles. The first kappa shape index (κ1) is 16.4. The van der Waals surface area contributed by atoms with Gasteiger partial charge in [-0.2, -0.15) is 11.8 Å². The Morgan fingerprint density at radius 3 is 3.08 bits per heavy atom. The van der Waals surface area contributed by atoms with E-state index in [4.69, 9.17) is 4.74 Å². The molecule has 1 aliphatic heterocycles. The van der Waals surface area contributed by atoms with E-state index in [1.807, 2.05) is 36.9 Å². The van der Waals surface area contributed by atoms with Gasteiger partial charge in [-0.25, -0.2) is 9.97 Å². The Kier molecular flexibility index (Phi) is 4.59. The third-order valence-corrected chi connectivity index (χ3v) is 6.08. The molecule has 1 aromatic carbocycles. The lowest BCUT2D eigenvalue weighted by molar-refractivity contribution is 0.102. The van der Waals surface area contributed by atoms with Gasteiger partial charge in [0, 0.05) is 23.6 Å². The van der Waals surface area contributed by atoms with Crippen LogP contribution in [0, 0.1) is 6.92 Å². The number of rotatable bonds is 4. The summed E-state index contributed by atoms with van der Waals surface area (Å²) in [6, 6.07) is 9.39. The Morgan fingerprint density at radius 2 is 2.28 bits per heavy atom. The van der Waals surface area contributed by atoms with E-state index in [-0.39, 0.29) is 12.0 Å². The first-order valence-electron chi connectivity index (χ1n) is 8.07. The van der Waals surface area contributed by atoms with E-state index < -0.39 is 0 Å². The van der Waals surface area contributed by atoms with E-state index in [1.54, 1.807) is 18.3 Å². The second-order valence-corrected chi connectivity index (χ2v) is 8.06. The zero-order valence-corrected chi connectivity index (χ0v) is 15.3. The number of fused-ring (bicyclic) bond motifs is 1. The molecular formula is C18H17N3O2S2.